The molecule has 0 bridgehead atoms. The van der Waals surface area contributed by atoms with E-state index in [1.165, 1.54) is 21.2 Å². The Bertz CT molecular complexity index is 979. The van der Waals surface area contributed by atoms with E-state index in [-0.39, 0.29) is 5.92 Å². The Morgan fingerprint density at radius 2 is 2.04 bits per heavy atom. The average molecular weight is 390 g/mol. The molecule has 1 atom stereocenters. The molecule has 6 nitrogen and oxygen atoms in total. The van der Waals surface area contributed by atoms with E-state index in [0.717, 1.165) is 18.4 Å². The fourth-order valence-electron chi connectivity index (χ4n) is 3.12. The number of benzene rings is 1. The second-order valence-electron chi connectivity index (χ2n) is 6.46. The van der Waals surface area contributed by atoms with Crippen molar-refractivity contribution in [3.8, 4) is 11.4 Å². The van der Waals surface area contributed by atoms with Crippen LogP contribution in [-0.2, 0) is 10.0 Å². The van der Waals surface area contributed by atoms with Crippen molar-refractivity contribution >= 4 is 21.4 Å². The molecule has 3 heterocycles. The molecule has 8 heteroatoms. The molecular weight excluding hydrogens is 370 g/mol. The molecule has 26 heavy (non-hydrogen) atoms. The van der Waals surface area contributed by atoms with E-state index >= 15 is 0 Å². The highest BCUT2D eigenvalue weighted by Gasteiger charge is 2.33. The lowest BCUT2D eigenvalue weighted by molar-refractivity contribution is 0.266. The van der Waals surface area contributed by atoms with E-state index in [9.17, 15) is 8.42 Å². The van der Waals surface area contributed by atoms with Crippen LogP contribution in [0.2, 0.25) is 0 Å². The van der Waals surface area contributed by atoms with Crippen LogP contribution in [0.4, 0.5) is 0 Å². The van der Waals surface area contributed by atoms with Gasteiger partial charge in [0.25, 0.3) is 10.0 Å². The molecule has 0 unspecified atom stereocenters. The smallest absolute Gasteiger partial charge is 0.252 e. The van der Waals surface area contributed by atoms with Crippen molar-refractivity contribution in [3.05, 3.63) is 53.2 Å². The molecule has 136 valence electrons. The van der Waals surface area contributed by atoms with Gasteiger partial charge in [0.05, 0.1) is 5.92 Å². The van der Waals surface area contributed by atoms with Gasteiger partial charge in [-0.1, -0.05) is 41.1 Å². The van der Waals surface area contributed by atoms with Crippen LogP contribution in [0.25, 0.3) is 11.4 Å². The Labute approximate surface area is 156 Å². The van der Waals surface area contributed by atoms with Crippen molar-refractivity contribution in [3.63, 3.8) is 0 Å². The number of nitrogens with zero attached hydrogens (tertiary/aromatic N) is 3. The SMILES string of the molecule is Cc1ccc(-c2noc([C@H]3CCCN(S(=O)(=O)c4cccs4)C3)n2)cc1. The van der Waals surface area contributed by atoms with Crippen molar-refractivity contribution < 1.29 is 12.9 Å². The number of aryl methyl sites for hydroxylation is 1. The zero-order valence-corrected chi connectivity index (χ0v) is 16.0. The Hall–Kier alpha value is -2.03. The Kier molecular flexibility index (Phi) is 4.64. The molecule has 1 fully saturated rings. The topological polar surface area (TPSA) is 76.3 Å². The molecule has 0 saturated carbocycles. The largest absolute Gasteiger partial charge is 0.339 e. The van der Waals surface area contributed by atoms with Crippen LogP contribution in [0.3, 0.4) is 0 Å². The molecular formula is C18H19N3O3S2. The highest BCUT2D eigenvalue weighted by Crippen LogP contribution is 2.31. The van der Waals surface area contributed by atoms with Crippen molar-refractivity contribution in [2.45, 2.75) is 29.9 Å². The van der Waals surface area contributed by atoms with Crippen molar-refractivity contribution in [2.24, 2.45) is 0 Å². The van der Waals surface area contributed by atoms with E-state index in [1.54, 1.807) is 17.5 Å². The maximum Gasteiger partial charge on any atom is 0.252 e. The lowest BCUT2D eigenvalue weighted by Crippen LogP contribution is -2.38. The predicted molar refractivity (Wildman–Crippen MR) is 99.5 cm³/mol. The van der Waals surface area contributed by atoms with Gasteiger partial charge in [-0.2, -0.15) is 9.29 Å². The summed E-state index contributed by atoms with van der Waals surface area (Å²) in [4.78, 5) is 4.52. The summed E-state index contributed by atoms with van der Waals surface area (Å²) in [5.74, 6) is 0.968. The summed E-state index contributed by atoms with van der Waals surface area (Å²) in [6.07, 6.45) is 1.61. The average Bonchev–Trinajstić information content (AvgIpc) is 3.35. The minimum atomic E-state index is -3.45. The first-order chi connectivity index (χ1) is 12.5. The first-order valence-corrected chi connectivity index (χ1v) is 10.8. The second kappa shape index (κ2) is 6.94. The number of rotatable bonds is 4. The van der Waals surface area contributed by atoms with E-state index < -0.39 is 10.0 Å². The fraction of sp³-hybridized carbons (Fsp3) is 0.333. The molecule has 2 aromatic heterocycles. The number of hydrogen-bond acceptors (Lipinski definition) is 6. The maximum absolute atomic E-state index is 12.8. The summed E-state index contributed by atoms with van der Waals surface area (Å²) >= 11 is 1.24. The molecule has 0 radical (unpaired) electrons. The Morgan fingerprint density at radius 3 is 2.77 bits per heavy atom. The molecule has 0 N–H and O–H groups in total. The van der Waals surface area contributed by atoms with Gasteiger partial charge < -0.3 is 4.52 Å². The summed E-state index contributed by atoms with van der Waals surface area (Å²) in [5, 5.41) is 5.85. The minimum absolute atomic E-state index is 0.0785. The van der Waals surface area contributed by atoms with Gasteiger partial charge in [0.1, 0.15) is 4.21 Å². The highest BCUT2D eigenvalue weighted by atomic mass is 32.2. The standard InChI is InChI=1S/C18H19N3O3S2/c1-13-6-8-14(9-7-13)17-19-18(24-20-17)15-4-2-10-21(12-15)26(22,23)16-5-3-11-25-16/h3,5-9,11,15H,2,4,10,12H2,1H3/t15-/m0/s1. The van der Waals surface area contributed by atoms with Gasteiger partial charge in [0, 0.05) is 18.7 Å². The predicted octanol–water partition coefficient (Wildman–Crippen LogP) is 3.67. The third-order valence-electron chi connectivity index (χ3n) is 4.57. The zero-order valence-electron chi connectivity index (χ0n) is 14.3. The maximum atomic E-state index is 12.8. The molecule has 0 amide bonds. The molecule has 4 rings (SSSR count). The van der Waals surface area contributed by atoms with E-state index in [0.29, 0.717) is 29.0 Å². The first-order valence-electron chi connectivity index (χ1n) is 8.48. The molecule has 0 aliphatic carbocycles. The number of piperidine rings is 1. The zero-order chi connectivity index (χ0) is 18.1. The monoisotopic (exact) mass is 389 g/mol. The third-order valence-corrected chi connectivity index (χ3v) is 7.81. The Balaban J connectivity index is 1.54. The van der Waals surface area contributed by atoms with Gasteiger partial charge in [-0.15, -0.1) is 11.3 Å². The third kappa shape index (κ3) is 3.32. The molecule has 1 aliphatic heterocycles. The van der Waals surface area contributed by atoms with Crippen LogP contribution in [0.1, 0.15) is 30.2 Å². The second-order valence-corrected chi connectivity index (χ2v) is 9.57. The summed E-state index contributed by atoms with van der Waals surface area (Å²) in [7, 11) is -3.45. The fourth-order valence-corrected chi connectivity index (χ4v) is 5.79. The molecule has 1 aliphatic rings. The van der Waals surface area contributed by atoms with Crippen LogP contribution in [0, 0.1) is 6.92 Å². The van der Waals surface area contributed by atoms with Gasteiger partial charge in [-0.3, -0.25) is 0 Å². The van der Waals surface area contributed by atoms with Gasteiger partial charge in [0.15, 0.2) is 0 Å². The lowest BCUT2D eigenvalue weighted by atomic mass is 10.00. The summed E-state index contributed by atoms with van der Waals surface area (Å²) in [5.41, 5.74) is 2.06. The molecule has 1 aromatic carbocycles. The summed E-state index contributed by atoms with van der Waals surface area (Å²) in [6, 6.07) is 11.3. The van der Waals surface area contributed by atoms with Crippen molar-refractivity contribution in [1.29, 1.82) is 0 Å². The number of aromatic nitrogens is 2. The summed E-state index contributed by atoms with van der Waals surface area (Å²) in [6.45, 7) is 2.92. The van der Waals surface area contributed by atoms with Gasteiger partial charge in [0.2, 0.25) is 11.7 Å². The van der Waals surface area contributed by atoms with Crippen LogP contribution < -0.4 is 0 Å². The summed E-state index contributed by atoms with van der Waals surface area (Å²) < 4.78 is 32.9. The van der Waals surface area contributed by atoms with Crippen molar-refractivity contribution in [1.82, 2.24) is 14.4 Å². The van der Waals surface area contributed by atoms with Gasteiger partial charge >= 0.3 is 0 Å². The number of thiophene rings is 1. The quantitative estimate of drug-likeness (QED) is 0.680. The van der Waals surface area contributed by atoms with Crippen LogP contribution in [0.15, 0.2) is 50.5 Å². The number of hydrogen-bond donors (Lipinski definition) is 0. The van der Waals surface area contributed by atoms with Crippen LogP contribution in [-0.4, -0.2) is 36.0 Å². The Morgan fingerprint density at radius 1 is 1.23 bits per heavy atom. The van der Waals surface area contributed by atoms with Gasteiger partial charge in [-0.05, 0) is 31.2 Å². The van der Waals surface area contributed by atoms with Crippen LogP contribution >= 0.6 is 11.3 Å². The first kappa shape index (κ1) is 17.4. The van der Waals surface area contributed by atoms with E-state index in [2.05, 4.69) is 10.1 Å². The van der Waals surface area contributed by atoms with E-state index in [1.807, 2.05) is 31.2 Å². The highest BCUT2D eigenvalue weighted by molar-refractivity contribution is 7.91. The molecule has 0 spiro atoms. The van der Waals surface area contributed by atoms with Crippen LogP contribution in [0.5, 0.6) is 0 Å². The lowest BCUT2D eigenvalue weighted by Gasteiger charge is -2.29. The van der Waals surface area contributed by atoms with Crippen molar-refractivity contribution in [2.75, 3.05) is 13.1 Å². The molecule has 1 saturated heterocycles. The normalized spacial score (nSPS) is 18.9. The van der Waals surface area contributed by atoms with E-state index in [4.69, 9.17) is 4.52 Å². The molecule has 3 aromatic rings. The minimum Gasteiger partial charge on any atom is -0.339 e. The van der Waals surface area contributed by atoms with Gasteiger partial charge in [-0.25, -0.2) is 8.42 Å². The number of sulfonamides is 1.